The van der Waals surface area contributed by atoms with Crippen molar-refractivity contribution in [1.82, 2.24) is 5.32 Å². The molecule has 0 heterocycles. The number of carboxylic acids is 2. The maximum Gasteiger partial charge on any atom is 0.414 e. The molecule has 0 aliphatic rings. The Balaban J connectivity index is 0.000000459. The molecule has 0 saturated carbocycles. The molecule has 8 heteroatoms. The quantitative estimate of drug-likeness (QED) is 0.530. The van der Waals surface area contributed by atoms with E-state index in [-0.39, 0.29) is 0 Å². The molecule has 0 fully saturated rings. The minimum absolute atomic E-state index is 0.664. The molecule has 3 N–H and O–H groups in total. The molecule has 0 aromatic heterocycles. The SMILES string of the molecule is CNCCOc1c(Br)cccc1Br.O=C(O)C(=O)O. The Bertz CT molecular complexity index is 407. The smallest absolute Gasteiger partial charge is 0.414 e. The number of carboxylic acid groups (broad SMARTS) is 2. The number of carbonyl (C=O) groups is 2. The average Bonchev–Trinajstić information content (AvgIpc) is 2.34. The highest BCUT2D eigenvalue weighted by atomic mass is 79.9. The van der Waals surface area contributed by atoms with E-state index in [1.165, 1.54) is 0 Å². The van der Waals surface area contributed by atoms with Gasteiger partial charge in [-0.2, -0.15) is 0 Å². The third kappa shape index (κ3) is 7.81. The predicted molar refractivity (Wildman–Crippen MR) is 76.5 cm³/mol. The lowest BCUT2D eigenvalue weighted by atomic mass is 10.3. The molecule has 19 heavy (non-hydrogen) atoms. The zero-order valence-electron chi connectivity index (χ0n) is 10.0. The molecule has 6 nitrogen and oxygen atoms in total. The summed E-state index contributed by atoms with van der Waals surface area (Å²) in [4.78, 5) is 18.2. The van der Waals surface area contributed by atoms with Gasteiger partial charge in [0.2, 0.25) is 0 Å². The molecule has 0 aliphatic carbocycles. The van der Waals surface area contributed by atoms with Crippen molar-refractivity contribution in [3.8, 4) is 5.75 Å². The van der Waals surface area contributed by atoms with Crippen LogP contribution < -0.4 is 10.1 Å². The van der Waals surface area contributed by atoms with Gasteiger partial charge in [-0.15, -0.1) is 0 Å². The van der Waals surface area contributed by atoms with Gasteiger partial charge < -0.3 is 20.3 Å². The van der Waals surface area contributed by atoms with Gasteiger partial charge in [0.15, 0.2) is 0 Å². The van der Waals surface area contributed by atoms with E-state index in [0.29, 0.717) is 6.61 Å². The van der Waals surface area contributed by atoms with Crippen LogP contribution >= 0.6 is 31.9 Å². The molecule has 1 rings (SSSR count). The number of hydrogen-bond donors (Lipinski definition) is 3. The van der Waals surface area contributed by atoms with E-state index < -0.39 is 11.9 Å². The van der Waals surface area contributed by atoms with Crippen LogP contribution in [0.2, 0.25) is 0 Å². The summed E-state index contributed by atoms with van der Waals surface area (Å²) in [7, 11) is 1.90. The summed E-state index contributed by atoms with van der Waals surface area (Å²) in [5.41, 5.74) is 0. The van der Waals surface area contributed by atoms with Crippen molar-refractivity contribution in [2.45, 2.75) is 0 Å². The van der Waals surface area contributed by atoms with Crippen LogP contribution in [0.5, 0.6) is 5.75 Å². The van der Waals surface area contributed by atoms with E-state index in [1.807, 2.05) is 25.2 Å². The number of halogens is 2. The normalized spacial score (nSPS) is 9.21. The van der Waals surface area contributed by atoms with E-state index in [2.05, 4.69) is 37.2 Å². The number of benzene rings is 1. The lowest BCUT2D eigenvalue weighted by Gasteiger charge is -2.09. The van der Waals surface area contributed by atoms with E-state index in [1.54, 1.807) is 0 Å². The minimum Gasteiger partial charge on any atom is -0.490 e. The molecular weight excluding hydrogens is 386 g/mol. The van der Waals surface area contributed by atoms with Crippen molar-refractivity contribution < 1.29 is 24.5 Å². The Morgan fingerprint density at radius 3 is 2.05 bits per heavy atom. The van der Waals surface area contributed by atoms with Gasteiger partial charge in [-0.05, 0) is 51.0 Å². The van der Waals surface area contributed by atoms with Crippen LogP contribution in [-0.2, 0) is 9.59 Å². The highest BCUT2D eigenvalue weighted by Gasteiger charge is 2.04. The highest BCUT2D eigenvalue weighted by molar-refractivity contribution is 9.11. The highest BCUT2D eigenvalue weighted by Crippen LogP contribution is 2.32. The molecule has 0 unspecified atom stereocenters. The van der Waals surface area contributed by atoms with Crippen LogP contribution in [0.25, 0.3) is 0 Å². The number of nitrogens with one attached hydrogen (secondary N) is 1. The number of rotatable bonds is 4. The van der Waals surface area contributed by atoms with Crippen LogP contribution in [0.4, 0.5) is 0 Å². The number of hydrogen-bond acceptors (Lipinski definition) is 4. The van der Waals surface area contributed by atoms with Crippen LogP contribution in [0, 0.1) is 0 Å². The zero-order chi connectivity index (χ0) is 14.8. The first-order chi connectivity index (χ1) is 8.90. The van der Waals surface area contributed by atoms with Crippen LogP contribution in [0.1, 0.15) is 0 Å². The van der Waals surface area contributed by atoms with Gasteiger partial charge in [0.05, 0.1) is 8.95 Å². The lowest BCUT2D eigenvalue weighted by Crippen LogP contribution is -2.16. The number of ether oxygens (including phenoxy) is 1. The van der Waals surface area contributed by atoms with Crippen molar-refractivity contribution in [2.75, 3.05) is 20.2 Å². The summed E-state index contributed by atoms with van der Waals surface area (Å²) in [6.45, 7) is 1.51. The molecule has 0 atom stereocenters. The molecule has 106 valence electrons. The fourth-order valence-electron chi connectivity index (χ4n) is 0.876. The molecule has 0 aliphatic heterocycles. The molecule has 1 aromatic carbocycles. The largest absolute Gasteiger partial charge is 0.490 e. The first-order valence-corrected chi connectivity index (χ1v) is 6.66. The summed E-state index contributed by atoms with van der Waals surface area (Å²) in [5.74, 6) is -2.79. The maximum absolute atomic E-state index is 9.10. The first kappa shape index (κ1) is 17.9. The second-order valence-electron chi connectivity index (χ2n) is 3.11. The van der Waals surface area contributed by atoms with Crippen molar-refractivity contribution in [1.29, 1.82) is 0 Å². The minimum atomic E-state index is -1.82. The number of likely N-dealkylation sites (N-methyl/N-ethyl adjacent to an activating group) is 1. The van der Waals surface area contributed by atoms with Crippen LogP contribution in [0.15, 0.2) is 27.1 Å². The van der Waals surface area contributed by atoms with Crippen LogP contribution in [0.3, 0.4) is 0 Å². The summed E-state index contributed by atoms with van der Waals surface area (Å²) in [6.07, 6.45) is 0. The Hall–Kier alpha value is -1.12. The molecule has 0 radical (unpaired) electrons. The number of aliphatic carboxylic acids is 2. The second kappa shape index (κ2) is 9.76. The van der Waals surface area contributed by atoms with Crippen molar-refractivity contribution in [3.63, 3.8) is 0 Å². The summed E-state index contributed by atoms with van der Waals surface area (Å²) in [6, 6.07) is 5.87. The van der Waals surface area contributed by atoms with Gasteiger partial charge in [-0.25, -0.2) is 9.59 Å². The van der Waals surface area contributed by atoms with Crippen molar-refractivity contribution in [2.24, 2.45) is 0 Å². The fourth-order valence-corrected chi connectivity index (χ4v) is 2.10. The molecule has 0 bridgehead atoms. The van der Waals surface area contributed by atoms with E-state index in [9.17, 15) is 0 Å². The third-order valence-corrected chi connectivity index (χ3v) is 2.95. The van der Waals surface area contributed by atoms with Gasteiger partial charge in [0.25, 0.3) is 0 Å². The Kier molecular flexibility index (Phi) is 9.19. The fraction of sp³-hybridized carbons (Fsp3) is 0.273. The maximum atomic E-state index is 9.10. The third-order valence-electron chi connectivity index (χ3n) is 1.70. The predicted octanol–water partition coefficient (Wildman–Crippen LogP) is 1.97. The van der Waals surface area contributed by atoms with E-state index >= 15 is 0 Å². The molecule has 0 amide bonds. The second-order valence-corrected chi connectivity index (χ2v) is 4.82. The topological polar surface area (TPSA) is 95.9 Å². The summed E-state index contributed by atoms with van der Waals surface area (Å²) >= 11 is 6.85. The van der Waals surface area contributed by atoms with E-state index in [4.69, 9.17) is 24.5 Å². The first-order valence-electron chi connectivity index (χ1n) is 5.07. The van der Waals surface area contributed by atoms with Gasteiger partial charge in [0.1, 0.15) is 12.4 Å². The van der Waals surface area contributed by atoms with Crippen molar-refractivity contribution >= 4 is 43.8 Å². The lowest BCUT2D eigenvalue weighted by molar-refractivity contribution is -0.159. The Morgan fingerprint density at radius 2 is 1.68 bits per heavy atom. The van der Waals surface area contributed by atoms with Gasteiger partial charge >= 0.3 is 11.9 Å². The monoisotopic (exact) mass is 397 g/mol. The van der Waals surface area contributed by atoms with Gasteiger partial charge in [0, 0.05) is 6.54 Å². The number of para-hydroxylation sites is 1. The van der Waals surface area contributed by atoms with Gasteiger partial charge in [-0.3, -0.25) is 0 Å². The molecule has 1 aromatic rings. The average molecular weight is 399 g/mol. The van der Waals surface area contributed by atoms with Crippen LogP contribution in [-0.4, -0.2) is 42.4 Å². The Morgan fingerprint density at radius 1 is 1.21 bits per heavy atom. The molecular formula is C11H13Br2NO5. The molecule has 0 saturated heterocycles. The van der Waals surface area contributed by atoms with Gasteiger partial charge in [-0.1, -0.05) is 6.07 Å². The van der Waals surface area contributed by atoms with Crippen molar-refractivity contribution in [3.05, 3.63) is 27.1 Å². The standard InChI is InChI=1S/C9H11Br2NO.C2H2O4/c1-12-5-6-13-9-7(10)3-2-4-8(9)11;3-1(4)2(5)6/h2-4,12H,5-6H2,1H3;(H,3,4)(H,5,6). The summed E-state index contributed by atoms with van der Waals surface area (Å²) < 4.78 is 7.49. The van der Waals surface area contributed by atoms with E-state index in [0.717, 1.165) is 21.2 Å². The Labute approximate surface area is 127 Å². The molecule has 0 spiro atoms. The zero-order valence-corrected chi connectivity index (χ0v) is 13.2. The summed E-state index contributed by atoms with van der Waals surface area (Å²) in [5, 5.41) is 17.8.